The molecule has 8 heteroatoms. The molecule has 0 atom stereocenters. The minimum Gasteiger partial charge on any atom is -0.490 e. The Labute approximate surface area is 171 Å². The van der Waals surface area contributed by atoms with Crippen molar-refractivity contribution >= 4 is 39.3 Å². The number of nitrogens with one attached hydrogen (secondary N) is 3. The Morgan fingerprint density at radius 2 is 1.54 bits per heavy atom. The first-order valence-corrected chi connectivity index (χ1v) is 9.56. The number of rotatable bonds is 6. The van der Waals surface area contributed by atoms with Crippen molar-refractivity contribution < 1.29 is 19.1 Å². The Morgan fingerprint density at radius 3 is 2.07 bits per heavy atom. The molecule has 7 nitrogen and oxygen atoms in total. The number of carbonyl (C=O) groups is 3. The van der Waals surface area contributed by atoms with Gasteiger partial charge in [0, 0.05) is 23.2 Å². The van der Waals surface area contributed by atoms with E-state index in [1.54, 1.807) is 49.4 Å². The van der Waals surface area contributed by atoms with Gasteiger partial charge in [0.1, 0.15) is 5.75 Å². The van der Waals surface area contributed by atoms with Crippen LogP contribution in [0.1, 0.15) is 47.9 Å². The van der Waals surface area contributed by atoms with Crippen molar-refractivity contribution in [3.05, 3.63) is 58.1 Å². The Bertz CT molecular complexity index is 866. The summed E-state index contributed by atoms with van der Waals surface area (Å²) in [6.07, 6.45) is 0.381. The highest BCUT2D eigenvalue weighted by Crippen LogP contribution is 2.26. The van der Waals surface area contributed by atoms with Crippen molar-refractivity contribution in [2.24, 2.45) is 0 Å². The Hall–Kier alpha value is -2.87. The maximum Gasteiger partial charge on any atom is 0.269 e. The molecule has 28 heavy (non-hydrogen) atoms. The molecule has 0 unspecified atom stereocenters. The fourth-order valence-electron chi connectivity index (χ4n) is 2.20. The van der Waals surface area contributed by atoms with Gasteiger partial charge < -0.3 is 10.1 Å². The third kappa shape index (κ3) is 6.09. The highest BCUT2D eigenvalue weighted by molar-refractivity contribution is 9.10. The number of hydrogen-bond donors (Lipinski definition) is 3. The fraction of sp³-hybridized carbons (Fsp3) is 0.250. The molecular weight excluding hydrogens is 426 g/mol. The molecule has 0 aromatic heterocycles. The molecule has 0 aliphatic carbocycles. The van der Waals surface area contributed by atoms with Gasteiger partial charge in [-0.25, -0.2) is 0 Å². The van der Waals surface area contributed by atoms with Crippen LogP contribution in [0.2, 0.25) is 0 Å². The van der Waals surface area contributed by atoms with E-state index in [9.17, 15) is 14.4 Å². The lowest BCUT2D eigenvalue weighted by Crippen LogP contribution is -2.41. The predicted octanol–water partition coefficient (Wildman–Crippen LogP) is 3.66. The van der Waals surface area contributed by atoms with Gasteiger partial charge in [-0.15, -0.1) is 0 Å². The van der Waals surface area contributed by atoms with Gasteiger partial charge in [0.05, 0.1) is 10.6 Å². The summed E-state index contributed by atoms with van der Waals surface area (Å²) in [5.41, 5.74) is 6.04. The van der Waals surface area contributed by atoms with Crippen LogP contribution >= 0.6 is 15.9 Å². The molecule has 2 aromatic carbocycles. The Kier molecular flexibility index (Phi) is 7.57. The summed E-state index contributed by atoms with van der Waals surface area (Å²) in [4.78, 5) is 35.8. The smallest absolute Gasteiger partial charge is 0.269 e. The lowest BCUT2D eigenvalue weighted by molar-refractivity contribution is -0.115. The molecule has 3 N–H and O–H groups in total. The summed E-state index contributed by atoms with van der Waals surface area (Å²) in [6, 6.07) is 11.3. The van der Waals surface area contributed by atoms with Crippen LogP contribution in [0.3, 0.4) is 0 Å². The predicted molar refractivity (Wildman–Crippen MR) is 110 cm³/mol. The average molecular weight is 448 g/mol. The van der Waals surface area contributed by atoms with Gasteiger partial charge >= 0.3 is 0 Å². The normalized spacial score (nSPS) is 10.3. The average Bonchev–Trinajstić information content (AvgIpc) is 2.67. The lowest BCUT2D eigenvalue weighted by Gasteiger charge is -2.13. The standard InChI is InChI=1S/C20H22BrN3O4/c1-4-18(25)22-15-8-5-13(6-9-15)19(26)23-24-20(27)14-7-10-17(16(21)11-14)28-12(2)3/h5-12H,4H2,1-3H3,(H,22,25)(H,23,26)(H,24,27). The number of hydrogen-bond acceptors (Lipinski definition) is 4. The molecule has 0 aliphatic rings. The van der Waals surface area contributed by atoms with Crippen molar-refractivity contribution in [2.45, 2.75) is 33.3 Å². The molecule has 0 heterocycles. The van der Waals surface area contributed by atoms with Gasteiger partial charge in [-0.2, -0.15) is 0 Å². The quantitative estimate of drug-likeness (QED) is 0.588. The van der Waals surface area contributed by atoms with E-state index < -0.39 is 11.8 Å². The second-order valence-electron chi connectivity index (χ2n) is 6.20. The first-order valence-electron chi connectivity index (χ1n) is 8.77. The second-order valence-corrected chi connectivity index (χ2v) is 7.05. The molecular formula is C20H22BrN3O4. The molecule has 148 valence electrons. The van der Waals surface area contributed by atoms with Crippen molar-refractivity contribution in [3.8, 4) is 5.75 Å². The molecule has 3 amide bonds. The number of halogens is 1. The van der Waals surface area contributed by atoms with E-state index in [1.165, 1.54) is 0 Å². The van der Waals surface area contributed by atoms with Crippen molar-refractivity contribution in [2.75, 3.05) is 5.32 Å². The minimum absolute atomic E-state index is 0.0111. The number of ether oxygens (including phenoxy) is 1. The first-order chi connectivity index (χ1) is 13.3. The molecule has 0 spiro atoms. The molecule has 0 saturated heterocycles. The summed E-state index contributed by atoms with van der Waals surface area (Å²) in [5, 5.41) is 2.70. The van der Waals surface area contributed by atoms with Crippen LogP contribution in [0.5, 0.6) is 5.75 Å². The van der Waals surface area contributed by atoms with Crippen LogP contribution in [-0.4, -0.2) is 23.8 Å². The van der Waals surface area contributed by atoms with Gasteiger partial charge in [-0.3, -0.25) is 25.2 Å². The van der Waals surface area contributed by atoms with Crippen molar-refractivity contribution in [1.82, 2.24) is 10.9 Å². The monoisotopic (exact) mass is 447 g/mol. The molecule has 0 radical (unpaired) electrons. The maximum atomic E-state index is 12.2. The van der Waals surface area contributed by atoms with E-state index in [0.717, 1.165) is 0 Å². The summed E-state index contributed by atoms with van der Waals surface area (Å²) >= 11 is 3.37. The van der Waals surface area contributed by atoms with E-state index >= 15 is 0 Å². The van der Waals surface area contributed by atoms with Gasteiger partial charge in [0.25, 0.3) is 11.8 Å². The number of hydrazine groups is 1. The van der Waals surface area contributed by atoms with E-state index in [2.05, 4.69) is 32.1 Å². The second kappa shape index (κ2) is 9.89. The van der Waals surface area contributed by atoms with Crippen LogP contribution in [-0.2, 0) is 4.79 Å². The molecule has 2 aromatic rings. The highest BCUT2D eigenvalue weighted by atomic mass is 79.9. The maximum absolute atomic E-state index is 12.2. The number of benzene rings is 2. The largest absolute Gasteiger partial charge is 0.490 e. The summed E-state index contributed by atoms with van der Waals surface area (Å²) in [7, 11) is 0. The van der Waals surface area contributed by atoms with Gasteiger partial charge in [0.2, 0.25) is 5.91 Å². The van der Waals surface area contributed by atoms with E-state index in [0.29, 0.717) is 33.5 Å². The first kappa shape index (κ1) is 21.4. The van der Waals surface area contributed by atoms with Crippen LogP contribution in [0, 0.1) is 0 Å². The number of amides is 3. The molecule has 2 rings (SSSR count). The fourth-order valence-corrected chi connectivity index (χ4v) is 2.68. The van der Waals surface area contributed by atoms with E-state index in [1.807, 2.05) is 13.8 Å². The Balaban J connectivity index is 1.94. The molecule has 0 bridgehead atoms. The van der Waals surface area contributed by atoms with Crippen LogP contribution in [0.15, 0.2) is 46.9 Å². The Morgan fingerprint density at radius 1 is 0.964 bits per heavy atom. The minimum atomic E-state index is -0.472. The molecule has 0 fully saturated rings. The third-order valence-electron chi connectivity index (χ3n) is 3.60. The number of anilines is 1. The zero-order chi connectivity index (χ0) is 20.7. The van der Waals surface area contributed by atoms with Gasteiger partial charge in [-0.1, -0.05) is 6.92 Å². The zero-order valence-electron chi connectivity index (χ0n) is 15.8. The molecule has 0 aliphatic heterocycles. The zero-order valence-corrected chi connectivity index (χ0v) is 17.4. The summed E-state index contributed by atoms with van der Waals surface area (Å²) in [5.74, 6) is -0.413. The summed E-state index contributed by atoms with van der Waals surface area (Å²) in [6.45, 7) is 5.57. The molecule has 0 saturated carbocycles. The van der Waals surface area contributed by atoms with Gasteiger partial charge in [-0.05, 0) is 72.2 Å². The lowest BCUT2D eigenvalue weighted by atomic mass is 10.2. The van der Waals surface area contributed by atoms with Crippen molar-refractivity contribution in [1.29, 1.82) is 0 Å². The van der Waals surface area contributed by atoms with E-state index in [-0.39, 0.29) is 12.0 Å². The summed E-state index contributed by atoms with van der Waals surface area (Å²) < 4.78 is 6.25. The van der Waals surface area contributed by atoms with Crippen LogP contribution in [0.4, 0.5) is 5.69 Å². The topological polar surface area (TPSA) is 96.5 Å². The van der Waals surface area contributed by atoms with E-state index in [4.69, 9.17) is 4.74 Å². The van der Waals surface area contributed by atoms with Gasteiger partial charge in [0.15, 0.2) is 0 Å². The SMILES string of the molecule is CCC(=O)Nc1ccc(C(=O)NNC(=O)c2ccc(OC(C)C)c(Br)c2)cc1. The third-order valence-corrected chi connectivity index (χ3v) is 4.22. The van der Waals surface area contributed by atoms with Crippen molar-refractivity contribution in [3.63, 3.8) is 0 Å². The highest BCUT2D eigenvalue weighted by Gasteiger charge is 2.12. The number of carbonyl (C=O) groups excluding carboxylic acids is 3. The van der Waals surface area contributed by atoms with Crippen LogP contribution < -0.4 is 20.9 Å². The van der Waals surface area contributed by atoms with Crippen LogP contribution in [0.25, 0.3) is 0 Å².